The molecule has 1 aliphatic heterocycles. The number of ether oxygens (including phenoxy) is 2. The maximum atomic E-state index is 12.5. The Labute approximate surface area is 157 Å². The molecule has 0 spiro atoms. The largest absolute Gasteiger partial charge is 0.491 e. The van der Waals surface area contributed by atoms with Crippen molar-refractivity contribution < 1.29 is 29.0 Å². The number of carboxylic acid groups (broad SMARTS) is 1. The molecular weight excluding hydrogens is 352 g/mol. The summed E-state index contributed by atoms with van der Waals surface area (Å²) in [6.45, 7) is 3.73. The van der Waals surface area contributed by atoms with Crippen LogP contribution in [0.4, 0.5) is 0 Å². The van der Waals surface area contributed by atoms with Crippen LogP contribution in [0.1, 0.15) is 53.0 Å². The topological polar surface area (TPSA) is 118 Å². The molecule has 0 saturated heterocycles. The summed E-state index contributed by atoms with van der Waals surface area (Å²) in [7, 11) is 2.84. The van der Waals surface area contributed by atoms with Gasteiger partial charge in [-0.25, -0.2) is 0 Å². The Hall–Kier alpha value is -3.03. The van der Waals surface area contributed by atoms with Gasteiger partial charge in [-0.2, -0.15) is 0 Å². The minimum absolute atomic E-state index is 0.0566. The fourth-order valence-electron chi connectivity index (χ4n) is 2.92. The molecule has 2 heterocycles. The summed E-state index contributed by atoms with van der Waals surface area (Å²) >= 11 is 0. The Kier molecular flexibility index (Phi) is 6.44. The van der Waals surface area contributed by atoms with Crippen LogP contribution >= 0.6 is 0 Å². The molecule has 146 valence electrons. The highest BCUT2D eigenvalue weighted by Crippen LogP contribution is 2.27. The fourth-order valence-corrected chi connectivity index (χ4v) is 2.92. The van der Waals surface area contributed by atoms with Crippen molar-refractivity contribution in [2.75, 3.05) is 14.2 Å². The predicted molar refractivity (Wildman–Crippen MR) is 97.9 cm³/mol. The summed E-state index contributed by atoms with van der Waals surface area (Å²) in [6.07, 6.45) is 3.01. The highest BCUT2D eigenvalue weighted by atomic mass is 16.5. The first-order valence-corrected chi connectivity index (χ1v) is 8.60. The third-order valence-electron chi connectivity index (χ3n) is 4.53. The summed E-state index contributed by atoms with van der Waals surface area (Å²) in [5.74, 6) is -0.924. The lowest BCUT2D eigenvalue weighted by molar-refractivity contribution is -0.137. The van der Waals surface area contributed by atoms with Gasteiger partial charge in [-0.3, -0.25) is 14.4 Å². The third-order valence-corrected chi connectivity index (χ3v) is 4.53. The lowest BCUT2D eigenvalue weighted by Gasteiger charge is -2.04. The first kappa shape index (κ1) is 20.3. The zero-order valence-electron chi connectivity index (χ0n) is 15.9. The van der Waals surface area contributed by atoms with Gasteiger partial charge in [-0.1, -0.05) is 0 Å². The second-order valence-corrected chi connectivity index (χ2v) is 6.27. The molecule has 2 rings (SSSR count). The molecule has 0 aliphatic carbocycles. The lowest BCUT2D eigenvalue weighted by Crippen LogP contribution is -2.17. The SMILES string of the molecule is COC1=C(OC)/C(=C/c2[nH]c(C(=O)CCCCC(=O)O)c(C)c2C)NC1=O. The van der Waals surface area contributed by atoms with E-state index in [2.05, 4.69) is 10.3 Å². The molecule has 0 fully saturated rings. The summed E-state index contributed by atoms with van der Waals surface area (Å²) in [5.41, 5.74) is 3.33. The van der Waals surface area contributed by atoms with Crippen molar-refractivity contribution in [2.45, 2.75) is 39.5 Å². The van der Waals surface area contributed by atoms with Gasteiger partial charge in [0.05, 0.1) is 25.6 Å². The Morgan fingerprint density at radius 2 is 1.67 bits per heavy atom. The first-order chi connectivity index (χ1) is 12.8. The van der Waals surface area contributed by atoms with Gasteiger partial charge in [0, 0.05) is 18.5 Å². The van der Waals surface area contributed by atoms with Gasteiger partial charge in [-0.05, 0) is 43.9 Å². The number of amides is 1. The predicted octanol–water partition coefficient (Wildman–Crippen LogP) is 2.43. The molecule has 1 aliphatic rings. The van der Waals surface area contributed by atoms with Gasteiger partial charge in [0.15, 0.2) is 11.5 Å². The number of H-pyrrole nitrogens is 1. The van der Waals surface area contributed by atoms with Gasteiger partial charge < -0.3 is 24.9 Å². The number of aliphatic carboxylic acids is 1. The standard InChI is InChI=1S/C19H24N2O6/c1-10-11(2)16(14(22)7-5-6-8-15(23)24)20-12(10)9-13-17(26-3)18(27-4)19(25)21-13/h9,20H,5-8H2,1-4H3,(H,21,25)(H,23,24)/b13-9-. The number of hydrogen-bond acceptors (Lipinski definition) is 5. The molecule has 8 heteroatoms. The quantitative estimate of drug-likeness (QED) is 0.450. The fraction of sp³-hybridized carbons (Fsp3) is 0.421. The number of unbranched alkanes of at least 4 members (excludes halogenated alkanes) is 1. The number of ketones is 1. The molecule has 3 N–H and O–H groups in total. The molecule has 0 bridgehead atoms. The molecule has 1 amide bonds. The van der Waals surface area contributed by atoms with E-state index in [4.69, 9.17) is 14.6 Å². The number of carbonyl (C=O) groups excluding carboxylic acids is 2. The van der Waals surface area contributed by atoms with E-state index >= 15 is 0 Å². The zero-order valence-corrected chi connectivity index (χ0v) is 15.9. The Morgan fingerprint density at radius 1 is 1.04 bits per heavy atom. The molecule has 8 nitrogen and oxygen atoms in total. The van der Waals surface area contributed by atoms with Crippen LogP contribution in [0, 0.1) is 13.8 Å². The molecular formula is C19H24N2O6. The molecule has 27 heavy (non-hydrogen) atoms. The van der Waals surface area contributed by atoms with E-state index in [1.165, 1.54) is 14.2 Å². The van der Waals surface area contributed by atoms with E-state index in [-0.39, 0.29) is 24.4 Å². The highest BCUT2D eigenvalue weighted by molar-refractivity contribution is 5.99. The van der Waals surface area contributed by atoms with Gasteiger partial charge in [0.1, 0.15) is 0 Å². The van der Waals surface area contributed by atoms with Crippen molar-refractivity contribution in [3.63, 3.8) is 0 Å². The van der Waals surface area contributed by atoms with E-state index < -0.39 is 11.9 Å². The van der Waals surface area contributed by atoms with Gasteiger partial charge >= 0.3 is 5.97 Å². The van der Waals surface area contributed by atoms with Crippen molar-refractivity contribution in [3.8, 4) is 0 Å². The Balaban J connectivity index is 2.22. The van der Waals surface area contributed by atoms with Crippen LogP contribution in [0.15, 0.2) is 17.2 Å². The second kappa shape index (κ2) is 8.57. The van der Waals surface area contributed by atoms with Crippen LogP contribution in [0.3, 0.4) is 0 Å². The van der Waals surface area contributed by atoms with Crippen molar-refractivity contribution in [1.29, 1.82) is 0 Å². The molecule has 0 saturated carbocycles. The van der Waals surface area contributed by atoms with E-state index in [1.54, 1.807) is 6.08 Å². The Bertz CT molecular complexity index is 831. The smallest absolute Gasteiger partial charge is 0.303 e. The average Bonchev–Trinajstić information content (AvgIpc) is 3.08. The summed E-state index contributed by atoms with van der Waals surface area (Å²) in [4.78, 5) is 38.0. The molecule has 1 aromatic heterocycles. The van der Waals surface area contributed by atoms with Crippen LogP contribution in [0.25, 0.3) is 6.08 Å². The number of aromatic nitrogens is 1. The van der Waals surface area contributed by atoms with Crippen molar-refractivity contribution >= 4 is 23.7 Å². The number of carboxylic acids is 1. The maximum Gasteiger partial charge on any atom is 0.303 e. The zero-order chi connectivity index (χ0) is 20.1. The number of Topliss-reactive ketones (excluding diaryl/α,β-unsaturated/α-hetero) is 1. The number of carbonyl (C=O) groups is 3. The van der Waals surface area contributed by atoms with Crippen LogP contribution in [-0.4, -0.2) is 42.0 Å². The van der Waals surface area contributed by atoms with Crippen molar-refractivity contribution in [1.82, 2.24) is 10.3 Å². The first-order valence-electron chi connectivity index (χ1n) is 8.60. The van der Waals surface area contributed by atoms with E-state index in [9.17, 15) is 14.4 Å². The summed E-state index contributed by atoms with van der Waals surface area (Å²) in [6, 6.07) is 0. The van der Waals surface area contributed by atoms with E-state index in [1.807, 2.05) is 13.8 Å². The minimum atomic E-state index is -0.862. The van der Waals surface area contributed by atoms with Crippen LogP contribution in [0.5, 0.6) is 0 Å². The van der Waals surface area contributed by atoms with Crippen molar-refractivity contribution in [2.24, 2.45) is 0 Å². The molecule has 0 radical (unpaired) electrons. The normalized spacial score (nSPS) is 15.3. The van der Waals surface area contributed by atoms with Crippen LogP contribution < -0.4 is 5.32 Å². The summed E-state index contributed by atoms with van der Waals surface area (Å²) in [5, 5.41) is 11.3. The average molecular weight is 376 g/mol. The highest BCUT2D eigenvalue weighted by Gasteiger charge is 2.30. The lowest BCUT2D eigenvalue weighted by atomic mass is 10.0. The number of nitrogens with one attached hydrogen (secondary N) is 2. The van der Waals surface area contributed by atoms with Crippen LogP contribution in [-0.2, 0) is 19.1 Å². The maximum absolute atomic E-state index is 12.5. The molecule has 0 aromatic carbocycles. The number of rotatable bonds is 9. The summed E-state index contributed by atoms with van der Waals surface area (Å²) < 4.78 is 10.3. The number of aromatic amines is 1. The van der Waals surface area contributed by atoms with Gasteiger partial charge in [0.2, 0.25) is 5.76 Å². The minimum Gasteiger partial charge on any atom is -0.491 e. The third kappa shape index (κ3) is 4.39. The van der Waals surface area contributed by atoms with Gasteiger partial charge in [0.25, 0.3) is 5.91 Å². The van der Waals surface area contributed by atoms with E-state index in [0.717, 1.165) is 11.1 Å². The molecule has 0 unspecified atom stereocenters. The van der Waals surface area contributed by atoms with Gasteiger partial charge in [-0.15, -0.1) is 0 Å². The number of methoxy groups -OCH3 is 2. The molecule has 0 atom stereocenters. The van der Waals surface area contributed by atoms with E-state index in [0.29, 0.717) is 35.7 Å². The second-order valence-electron chi connectivity index (χ2n) is 6.27. The van der Waals surface area contributed by atoms with Crippen LogP contribution in [0.2, 0.25) is 0 Å². The monoisotopic (exact) mass is 376 g/mol. The van der Waals surface area contributed by atoms with Crippen molar-refractivity contribution in [3.05, 3.63) is 39.7 Å². The molecule has 1 aromatic rings. The number of hydrogen-bond donors (Lipinski definition) is 3. The Morgan fingerprint density at radius 3 is 2.26 bits per heavy atom.